The molecule has 0 bridgehead atoms. The fourth-order valence-electron chi connectivity index (χ4n) is 2.63. The van der Waals surface area contributed by atoms with Crippen LogP contribution in [0.25, 0.3) is 0 Å². The Morgan fingerprint density at radius 1 is 1.45 bits per heavy atom. The van der Waals surface area contributed by atoms with Crippen molar-refractivity contribution in [3.63, 3.8) is 0 Å². The predicted molar refractivity (Wildman–Crippen MR) is 75.0 cm³/mol. The maximum atomic E-state index is 11.5. The van der Waals surface area contributed by atoms with Gasteiger partial charge in [0.25, 0.3) is 0 Å². The van der Waals surface area contributed by atoms with Crippen LogP contribution in [0, 0.1) is 12.3 Å². The minimum absolute atomic E-state index is 0.393. The van der Waals surface area contributed by atoms with Gasteiger partial charge in [-0.25, -0.2) is 4.98 Å². The molecule has 110 valence electrons. The third kappa shape index (κ3) is 3.18. The monoisotopic (exact) mass is 279 g/mol. The van der Waals surface area contributed by atoms with E-state index in [1.165, 1.54) is 0 Å². The van der Waals surface area contributed by atoms with Crippen LogP contribution < -0.4 is 10.1 Å². The third-order valence-corrected chi connectivity index (χ3v) is 3.73. The summed E-state index contributed by atoms with van der Waals surface area (Å²) in [5.74, 6) is 1.01. The summed E-state index contributed by atoms with van der Waals surface area (Å²) in [4.78, 5) is 19.9. The molecule has 0 unspecified atom stereocenters. The summed E-state index contributed by atoms with van der Waals surface area (Å²) < 4.78 is 5.36. The fraction of sp³-hybridized carbons (Fsp3) is 0.643. The lowest BCUT2D eigenvalue weighted by atomic mass is 9.86. The van der Waals surface area contributed by atoms with E-state index in [0.29, 0.717) is 30.7 Å². The van der Waals surface area contributed by atoms with Crippen molar-refractivity contribution in [2.45, 2.75) is 39.5 Å². The van der Waals surface area contributed by atoms with E-state index in [0.717, 1.165) is 25.7 Å². The summed E-state index contributed by atoms with van der Waals surface area (Å²) in [5.41, 5.74) is -0.662. The second-order valence-electron chi connectivity index (χ2n) is 5.22. The molecule has 6 nitrogen and oxygen atoms in total. The molecule has 1 aliphatic carbocycles. The number of ether oxygens (including phenoxy) is 1. The molecule has 1 fully saturated rings. The number of aromatic nitrogens is 2. The van der Waals surface area contributed by atoms with E-state index >= 15 is 0 Å². The maximum Gasteiger partial charge on any atom is 0.311 e. The first-order valence-corrected chi connectivity index (χ1v) is 7.01. The van der Waals surface area contributed by atoms with Crippen molar-refractivity contribution < 1.29 is 14.6 Å². The van der Waals surface area contributed by atoms with Gasteiger partial charge in [-0.05, 0) is 26.7 Å². The summed E-state index contributed by atoms with van der Waals surface area (Å²) in [6.07, 6.45) is 3.39. The average Bonchev–Trinajstić information content (AvgIpc) is 2.86. The fourth-order valence-corrected chi connectivity index (χ4v) is 2.63. The number of hydrogen-bond acceptors (Lipinski definition) is 5. The largest absolute Gasteiger partial charge is 0.481 e. The van der Waals surface area contributed by atoms with Crippen molar-refractivity contribution >= 4 is 11.8 Å². The zero-order valence-corrected chi connectivity index (χ0v) is 12.0. The number of nitrogens with zero attached hydrogens (tertiary/aromatic N) is 2. The molecule has 6 heteroatoms. The Morgan fingerprint density at radius 2 is 2.15 bits per heavy atom. The highest BCUT2D eigenvalue weighted by Gasteiger charge is 2.41. The van der Waals surface area contributed by atoms with Gasteiger partial charge in [0.15, 0.2) is 0 Å². The smallest absolute Gasteiger partial charge is 0.311 e. The number of carbonyl (C=O) groups is 1. The van der Waals surface area contributed by atoms with Crippen molar-refractivity contribution in [2.75, 3.05) is 18.5 Å². The van der Waals surface area contributed by atoms with Crippen molar-refractivity contribution in [2.24, 2.45) is 5.41 Å². The zero-order valence-electron chi connectivity index (χ0n) is 12.0. The SMILES string of the molecule is CCOc1cc(NCC2(C(=O)O)CCCC2)nc(C)n1. The number of carboxylic acids is 1. The average molecular weight is 279 g/mol. The molecule has 0 atom stereocenters. The summed E-state index contributed by atoms with van der Waals surface area (Å²) >= 11 is 0. The number of aryl methyl sites for hydroxylation is 1. The van der Waals surface area contributed by atoms with Crippen LogP contribution in [0.3, 0.4) is 0 Å². The molecular weight excluding hydrogens is 258 g/mol. The van der Waals surface area contributed by atoms with Crippen LogP contribution in [0.5, 0.6) is 5.88 Å². The first-order valence-electron chi connectivity index (χ1n) is 7.01. The van der Waals surface area contributed by atoms with Gasteiger partial charge < -0.3 is 15.2 Å². The lowest BCUT2D eigenvalue weighted by Gasteiger charge is -2.24. The van der Waals surface area contributed by atoms with Crippen molar-refractivity contribution in [3.8, 4) is 5.88 Å². The van der Waals surface area contributed by atoms with Gasteiger partial charge in [-0.15, -0.1) is 0 Å². The first-order chi connectivity index (χ1) is 9.55. The number of hydrogen-bond donors (Lipinski definition) is 2. The Morgan fingerprint density at radius 3 is 2.75 bits per heavy atom. The van der Waals surface area contributed by atoms with E-state index in [2.05, 4.69) is 15.3 Å². The summed E-state index contributed by atoms with van der Waals surface area (Å²) in [5, 5.41) is 12.6. The highest BCUT2D eigenvalue weighted by molar-refractivity contribution is 5.75. The van der Waals surface area contributed by atoms with Gasteiger partial charge in [0.05, 0.1) is 12.0 Å². The minimum Gasteiger partial charge on any atom is -0.481 e. The van der Waals surface area contributed by atoms with Crippen LogP contribution in [0.1, 0.15) is 38.4 Å². The molecule has 1 heterocycles. The summed E-state index contributed by atoms with van der Waals surface area (Å²) in [6.45, 7) is 4.61. The molecule has 1 aromatic rings. The van der Waals surface area contributed by atoms with Gasteiger partial charge in [-0.2, -0.15) is 4.98 Å². The zero-order chi connectivity index (χ0) is 14.6. The van der Waals surface area contributed by atoms with Crippen LogP contribution in [0.4, 0.5) is 5.82 Å². The Bertz CT molecular complexity index is 485. The predicted octanol–water partition coefficient (Wildman–Crippen LogP) is 2.24. The third-order valence-electron chi connectivity index (χ3n) is 3.73. The number of aliphatic carboxylic acids is 1. The molecule has 2 rings (SSSR count). The van der Waals surface area contributed by atoms with Crippen molar-refractivity contribution in [3.05, 3.63) is 11.9 Å². The molecule has 0 radical (unpaired) electrons. The van der Waals surface area contributed by atoms with Gasteiger partial charge in [0.1, 0.15) is 11.6 Å². The Labute approximate surface area is 118 Å². The molecule has 1 saturated carbocycles. The minimum atomic E-state index is -0.724. The lowest BCUT2D eigenvalue weighted by molar-refractivity contribution is -0.147. The van der Waals surface area contributed by atoms with Gasteiger partial charge in [-0.3, -0.25) is 4.79 Å². The van der Waals surface area contributed by atoms with Crippen LogP contribution in [-0.2, 0) is 4.79 Å². The molecule has 1 aromatic heterocycles. The van der Waals surface area contributed by atoms with Gasteiger partial charge >= 0.3 is 5.97 Å². The molecule has 2 N–H and O–H groups in total. The second kappa shape index (κ2) is 6.07. The van der Waals surface area contributed by atoms with Gasteiger partial charge in [0, 0.05) is 12.6 Å². The second-order valence-corrected chi connectivity index (χ2v) is 5.22. The van der Waals surface area contributed by atoms with E-state index < -0.39 is 11.4 Å². The normalized spacial score (nSPS) is 16.9. The van der Waals surface area contributed by atoms with E-state index in [-0.39, 0.29) is 0 Å². The maximum absolute atomic E-state index is 11.5. The van der Waals surface area contributed by atoms with E-state index in [4.69, 9.17) is 4.74 Å². The number of carboxylic acid groups (broad SMARTS) is 1. The molecule has 0 spiro atoms. The molecule has 0 aliphatic heterocycles. The lowest BCUT2D eigenvalue weighted by Crippen LogP contribution is -2.35. The highest BCUT2D eigenvalue weighted by Crippen LogP contribution is 2.38. The van der Waals surface area contributed by atoms with E-state index in [1.54, 1.807) is 13.0 Å². The first kappa shape index (κ1) is 14.6. The van der Waals surface area contributed by atoms with E-state index in [9.17, 15) is 9.90 Å². The molecule has 0 amide bonds. The standard InChI is InChI=1S/C14H21N3O3/c1-3-20-12-8-11(16-10(2)17-12)15-9-14(13(18)19)6-4-5-7-14/h8H,3-7,9H2,1-2H3,(H,18,19)(H,15,16,17). The molecule has 0 aromatic carbocycles. The summed E-state index contributed by atoms with van der Waals surface area (Å²) in [7, 11) is 0. The molecule has 0 saturated heterocycles. The topological polar surface area (TPSA) is 84.3 Å². The van der Waals surface area contributed by atoms with Crippen LogP contribution in [0.2, 0.25) is 0 Å². The molecule has 1 aliphatic rings. The Kier molecular flexibility index (Phi) is 4.42. The van der Waals surface area contributed by atoms with Crippen molar-refractivity contribution in [1.82, 2.24) is 9.97 Å². The Balaban J connectivity index is 2.08. The number of rotatable bonds is 6. The number of anilines is 1. The summed E-state index contributed by atoms with van der Waals surface area (Å²) in [6, 6.07) is 1.71. The highest BCUT2D eigenvalue weighted by atomic mass is 16.5. The van der Waals surface area contributed by atoms with Crippen LogP contribution in [0.15, 0.2) is 6.07 Å². The molecule has 20 heavy (non-hydrogen) atoms. The molecular formula is C14H21N3O3. The van der Waals surface area contributed by atoms with Gasteiger partial charge in [-0.1, -0.05) is 12.8 Å². The van der Waals surface area contributed by atoms with Crippen LogP contribution >= 0.6 is 0 Å². The Hall–Kier alpha value is -1.85. The number of nitrogens with one attached hydrogen (secondary N) is 1. The quantitative estimate of drug-likeness (QED) is 0.830. The van der Waals surface area contributed by atoms with E-state index in [1.807, 2.05) is 6.92 Å². The van der Waals surface area contributed by atoms with Crippen molar-refractivity contribution in [1.29, 1.82) is 0 Å². The van der Waals surface area contributed by atoms with Crippen LogP contribution in [-0.4, -0.2) is 34.2 Å². The van der Waals surface area contributed by atoms with Gasteiger partial charge in [0.2, 0.25) is 5.88 Å².